The maximum atomic E-state index is 9.21. The Morgan fingerprint density at radius 1 is 1.43 bits per heavy atom. The quantitative estimate of drug-likeness (QED) is 0.394. The third-order valence-electron chi connectivity index (χ3n) is 1.69. The van der Waals surface area contributed by atoms with Gasteiger partial charge in [0.2, 0.25) is 0 Å². The Kier molecular flexibility index (Phi) is 3.55. The number of aromatic hydroxyl groups is 1. The Balaban J connectivity index is 2.63. The minimum atomic E-state index is -0.947. The number of para-hydroxylation sites is 1. The van der Waals surface area contributed by atoms with Gasteiger partial charge in [0.05, 0.1) is 6.61 Å². The summed E-state index contributed by atoms with van der Waals surface area (Å²) in [5, 5.41) is 26.7. The summed E-state index contributed by atoms with van der Waals surface area (Å²) in [7, 11) is 0. The molecule has 5 N–H and O–H groups in total. The molecule has 0 aliphatic heterocycles. The molecule has 1 aromatic carbocycles. The lowest BCUT2D eigenvalue weighted by molar-refractivity contribution is 0.0538. The molecule has 0 radical (unpaired) electrons. The maximum absolute atomic E-state index is 9.21. The number of nitrogen functional groups attached to an aromatic ring is 1. The predicted molar refractivity (Wildman–Crippen MR) is 51.1 cm³/mol. The van der Waals surface area contributed by atoms with Crippen LogP contribution in [0.5, 0.6) is 11.5 Å². The molecule has 78 valence electrons. The molecule has 5 heteroatoms. The first kappa shape index (κ1) is 10.6. The molecular formula is C9H13NO4. The molecule has 0 saturated carbocycles. The van der Waals surface area contributed by atoms with E-state index in [9.17, 15) is 5.11 Å². The van der Waals surface area contributed by atoms with Gasteiger partial charge in [-0.2, -0.15) is 0 Å². The summed E-state index contributed by atoms with van der Waals surface area (Å²) in [4.78, 5) is 0. The largest absolute Gasteiger partial charge is 0.506 e. The number of hydrogen-bond acceptors (Lipinski definition) is 5. The van der Waals surface area contributed by atoms with Crippen LogP contribution in [0.3, 0.4) is 0 Å². The van der Waals surface area contributed by atoms with Crippen molar-refractivity contribution >= 4 is 5.69 Å². The highest BCUT2D eigenvalue weighted by atomic mass is 16.5. The van der Waals surface area contributed by atoms with Crippen molar-refractivity contribution in [2.24, 2.45) is 0 Å². The van der Waals surface area contributed by atoms with Crippen LogP contribution in [-0.2, 0) is 0 Å². The van der Waals surface area contributed by atoms with Gasteiger partial charge in [-0.1, -0.05) is 6.07 Å². The molecule has 0 aliphatic rings. The van der Waals surface area contributed by atoms with E-state index in [1.807, 2.05) is 0 Å². The van der Waals surface area contributed by atoms with Crippen LogP contribution in [0.15, 0.2) is 18.2 Å². The number of anilines is 1. The van der Waals surface area contributed by atoms with Crippen LogP contribution in [0.25, 0.3) is 0 Å². The Morgan fingerprint density at radius 2 is 2.14 bits per heavy atom. The molecule has 0 saturated heterocycles. The van der Waals surface area contributed by atoms with Gasteiger partial charge >= 0.3 is 0 Å². The molecule has 0 fully saturated rings. The second kappa shape index (κ2) is 4.69. The number of aliphatic hydroxyl groups is 2. The van der Waals surface area contributed by atoms with E-state index in [0.29, 0.717) is 0 Å². The summed E-state index contributed by atoms with van der Waals surface area (Å²) in [5.41, 5.74) is 5.61. The van der Waals surface area contributed by atoms with E-state index in [1.54, 1.807) is 12.1 Å². The third-order valence-corrected chi connectivity index (χ3v) is 1.69. The number of phenolic OH excluding ortho intramolecular Hbond substituents is 1. The van der Waals surface area contributed by atoms with E-state index in [2.05, 4.69) is 0 Å². The Labute approximate surface area is 81.4 Å². The molecule has 0 aromatic heterocycles. The smallest absolute Gasteiger partial charge is 0.146 e. The van der Waals surface area contributed by atoms with Crippen molar-refractivity contribution in [1.29, 1.82) is 0 Å². The third kappa shape index (κ3) is 2.51. The number of hydrogen-bond donors (Lipinski definition) is 4. The number of ether oxygens (including phenoxy) is 1. The summed E-state index contributed by atoms with van der Waals surface area (Å²) >= 11 is 0. The molecule has 0 aliphatic carbocycles. The van der Waals surface area contributed by atoms with Crippen molar-refractivity contribution in [3.8, 4) is 11.5 Å². The molecule has 1 rings (SSSR count). The number of rotatable bonds is 4. The standard InChI is InChI=1S/C9H13NO4/c10-9-7(13)2-1-3-8(9)14-5-6(12)4-11/h1-3,6,11-13H,4-5,10H2. The highest BCUT2D eigenvalue weighted by Crippen LogP contribution is 2.29. The first-order valence-electron chi connectivity index (χ1n) is 4.14. The molecular weight excluding hydrogens is 186 g/mol. The highest BCUT2D eigenvalue weighted by Gasteiger charge is 2.07. The molecule has 14 heavy (non-hydrogen) atoms. The number of phenols is 1. The van der Waals surface area contributed by atoms with Crippen molar-refractivity contribution in [1.82, 2.24) is 0 Å². The van der Waals surface area contributed by atoms with Crippen molar-refractivity contribution in [3.05, 3.63) is 18.2 Å². The van der Waals surface area contributed by atoms with Gasteiger partial charge in [0.1, 0.15) is 29.9 Å². The zero-order valence-electron chi connectivity index (χ0n) is 7.55. The van der Waals surface area contributed by atoms with Gasteiger partial charge in [-0.05, 0) is 12.1 Å². The fourth-order valence-corrected chi connectivity index (χ4v) is 0.897. The molecule has 0 heterocycles. The zero-order valence-corrected chi connectivity index (χ0v) is 7.55. The summed E-state index contributed by atoms with van der Waals surface area (Å²) in [6.45, 7) is -0.442. The first-order chi connectivity index (χ1) is 6.65. The van der Waals surface area contributed by atoms with Crippen molar-refractivity contribution in [3.63, 3.8) is 0 Å². The zero-order chi connectivity index (χ0) is 10.6. The first-order valence-corrected chi connectivity index (χ1v) is 4.14. The van der Waals surface area contributed by atoms with E-state index in [0.717, 1.165) is 0 Å². The van der Waals surface area contributed by atoms with Crippen LogP contribution in [0.2, 0.25) is 0 Å². The molecule has 1 aromatic rings. The van der Waals surface area contributed by atoms with Crippen molar-refractivity contribution in [2.75, 3.05) is 18.9 Å². The summed E-state index contributed by atoms with van der Waals surface area (Å²) in [6.07, 6.45) is -0.947. The van der Waals surface area contributed by atoms with Gasteiger partial charge in [0.25, 0.3) is 0 Å². The van der Waals surface area contributed by atoms with Gasteiger partial charge in [0.15, 0.2) is 0 Å². The summed E-state index contributed by atoms with van der Waals surface area (Å²) < 4.78 is 5.08. The van der Waals surface area contributed by atoms with Gasteiger partial charge in [-0.15, -0.1) is 0 Å². The van der Waals surface area contributed by atoms with Crippen LogP contribution < -0.4 is 10.5 Å². The van der Waals surface area contributed by atoms with Crippen molar-refractivity contribution < 1.29 is 20.1 Å². The Bertz CT molecular complexity index is 303. The lowest BCUT2D eigenvalue weighted by atomic mass is 10.3. The molecule has 1 unspecified atom stereocenters. The molecule has 0 amide bonds. The maximum Gasteiger partial charge on any atom is 0.146 e. The van der Waals surface area contributed by atoms with Crippen molar-refractivity contribution in [2.45, 2.75) is 6.10 Å². The average Bonchev–Trinajstić information content (AvgIpc) is 2.20. The minimum absolute atomic E-state index is 0.0653. The lowest BCUT2D eigenvalue weighted by Crippen LogP contribution is -2.21. The van der Waals surface area contributed by atoms with E-state index in [-0.39, 0.29) is 30.4 Å². The van der Waals surface area contributed by atoms with Crippen LogP contribution in [0, 0.1) is 0 Å². The Hall–Kier alpha value is -1.46. The SMILES string of the molecule is Nc1c(O)cccc1OCC(O)CO. The van der Waals surface area contributed by atoms with E-state index >= 15 is 0 Å². The van der Waals surface area contributed by atoms with E-state index < -0.39 is 6.10 Å². The topological polar surface area (TPSA) is 95.9 Å². The number of aliphatic hydroxyl groups excluding tert-OH is 2. The Morgan fingerprint density at radius 3 is 2.79 bits per heavy atom. The van der Waals surface area contributed by atoms with Crippen LogP contribution in [0.1, 0.15) is 0 Å². The highest BCUT2D eigenvalue weighted by molar-refractivity contribution is 5.61. The van der Waals surface area contributed by atoms with Crippen LogP contribution >= 0.6 is 0 Å². The molecule has 5 nitrogen and oxygen atoms in total. The molecule has 0 spiro atoms. The van der Waals surface area contributed by atoms with Crippen LogP contribution in [-0.4, -0.2) is 34.6 Å². The number of benzene rings is 1. The molecule has 0 bridgehead atoms. The van der Waals surface area contributed by atoms with E-state index in [1.165, 1.54) is 6.07 Å². The monoisotopic (exact) mass is 199 g/mol. The summed E-state index contributed by atoms with van der Waals surface area (Å²) in [6, 6.07) is 4.58. The van der Waals surface area contributed by atoms with Crippen LogP contribution in [0.4, 0.5) is 5.69 Å². The lowest BCUT2D eigenvalue weighted by Gasteiger charge is -2.11. The van der Waals surface area contributed by atoms with Gasteiger partial charge in [0, 0.05) is 0 Å². The average molecular weight is 199 g/mol. The second-order valence-corrected chi connectivity index (χ2v) is 2.84. The van der Waals surface area contributed by atoms with Gasteiger partial charge in [-0.25, -0.2) is 0 Å². The molecule has 1 atom stereocenters. The van der Waals surface area contributed by atoms with Gasteiger partial charge < -0.3 is 25.8 Å². The second-order valence-electron chi connectivity index (χ2n) is 2.84. The normalized spacial score (nSPS) is 12.4. The fourth-order valence-electron chi connectivity index (χ4n) is 0.897. The van der Waals surface area contributed by atoms with E-state index in [4.69, 9.17) is 20.7 Å². The number of nitrogens with two attached hydrogens (primary N) is 1. The van der Waals surface area contributed by atoms with Gasteiger partial charge in [-0.3, -0.25) is 0 Å². The predicted octanol–water partition coefficient (Wildman–Crippen LogP) is -0.294. The summed E-state index contributed by atoms with van der Waals surface area (Å²) in [5.74, 6) is 0.221. The fraction of sp³-hybridized carbons (Fsp3) is 0.333. The minimum Gasteiger partial charge on any atom is -0.506 e.